The minimum atomic E-state index is -0.00225. The highest BCUT2D eigenvalue weighted by atomic mass is 32.2. The first kappa shape index (κ1) is 19.6. The molecular weight excluding hydrogens is 370 g/mol. The van der Waals surface area contributed by atoms with Crippen molar-refractivity contribution in [3.8, 4) is 0 Å². The first-order chi connectivity index (χ1) is 13.3. The zero-order chi connectivity index (χ0) is 18.7. The zero-order valence-electron chi connectivity index (χ0n) is 15.1. The molecule has 0 heterocycles. The van der Waals surface area contributed by atoms with Crippen LogP contribution in [0.3, 0.4) is 0 Å². The molecule has 3 aromatic carbocycles. The monoisotopic (exact) mass is 393 g/mol. The summed E-state index contributed by atoms with van der Waals surface area (Å²) in [6, 6.07) is 28.6. The van der Waals surface area contributed by atoms with E-state index in [0.717, 1.165) is 22.8 Å². The van der Waals surface area contributed by atoms with Crippen LogP contribution >= 0.6 is 23.5 Å². The summed E-state index contributed by atoms with van der Waals surface area (Å²) in [5, 5.41) is 3.00. The summed E-state index contributed by atoms with van der Waals surface area (Å²) in [6.45, 7) is 0.682. The van der Waals surface area contributed by atoms with E-state index in [1.165, 1.54) is 16.0 Å². The fourth-order valence-electron chi connectivity index (χ4n) is 2.54. The molecule has 27 heavy (non-hydrogen) atoms. The van der Waals surface area contributed by atoms with Gasteiger partial charge >= 0.3 is 0 Å². The SMILES string of the molecule is O=C(NCCSCc1ccccc1)c1ccc(CSc2ccccc2)cc1. The van der Waals surface area contributed by atoms with Crippen LogP contribution in [0.25, 0.3) is 0 Å². The van der Waals surface area contributed by atoms with Gasteiger partial charge in [-0.15, -0.1) is 11.8 Å². The number of amides is 1. The van der Waals surface area contributed by atoms with Gasteiger partial charge in [-0.3, -0.25) is 4.79 Å². The molecule has 3 rings (SSSR count). The van der Waals surface area contributed by atoms with Crippen LogP contribution in [-0.2, 0) is 11.5 Å². The number of rotatable bonds is 9. The third-order valence-corrected chi connectivity index (χ3v) is 6.12. The number of thioether (sulfide) groups is 2. The molecule has 0 radical (unpaired) electrons. The van der Waals surface area contributed by atoms with Gasteiger partial charge in [0.25, 0.3) is 5.91 Å². The van der Waals surface area contributed by atoms with E-state index in [9.17, 15) is 4.79 Å². The van der Waals surface area contributed by atoms with Crippen molar-refractivity contribution >= 4 is 29.4 Å². The average molecular weight is 394 g/mol. The summed E-state index contributed by atoms with van der Waals surface area (Å²) < 4.78 is 0. The van der Waals surface area contributed by atoms with Crippen LogP contribution in [0.1, 0.15) is 21.5 Å². The van der Waals surface area contributed by atoms with Crippen LogP contribution in [-0.4, -0.2) is 18.2 Å². The van der Waals surface area contributed by atoms with Crippen LogP contribution in [0.15, 0.2) is 89.8 Å². The largest absolute Gasteiger partial charge is 0.351 e. The molecule has 0 saturated heterocycles. The molecule has 0 bridgehead atoms. The van der Waals surface area contributed by atoms with Crippen LogP contribution in [0, 0.1) is 0 Å². The molecule has 0 fully saturated rings. The molecule has 0 saturated carbocycles. The quantitative estimate of drug-likeness (QED) is 0.377. The Bertz CT molecular complexity index is 820. The van der Waals surface area contributed by atoms with Crippen LogP contribution in [0.2, 0.25) is 0 Å². The molecule has 0 aliphatic rings. The molecule has 3 aromatic rings. The third-order valence-electron chi connectivity index (χ3n) is 4.01. The Labute approximate surface area is 169 Å². The number of hydrogen-bond acceptors (Lipinski definition) is 3. The van der Waals surface area contributed by atoms with Gasteiger partial charge in [-0.2, -0.15) is 11.8 Å². The summed E-state index contributed by atoms with van der Waals surface area (Å²) in [5.74, 6) is 2.79. The fraction of sp³-hybridized carbons (Fsp3) is 0.174. The summed E-state index contributed by atoms with van der Waals surface area (Å²) in [6.07, 6.45) is 0. The van der Waals surface area contributed by atoms with Gasteiger partial charge < -0.3 is 5.32 Å². The molecular formula is C23H23NOS2. The summed E-state index contributed by atoms with van der Waals surface area (Å²) in [7, 11) is 0. The van der Waals surface area contributed by atoms with Crippen molar-refractivity contribution in [3.05, 3.63) is 102 Å². The van der Waals surface area contributed by atoms with Crippen molar-refractivity contribution in [2.24, 2.45) is 0 Å². The van der Waals surface area contributed by atoms with Crippen LogP contribution in [0.5, 0.6) is 0 Å². The average Bonchev–Trinajstić information content (AvgIpc) is 2.74. The highest BCUT2D eigenvalue weighted by Crippen LogP contribution is 2.22. The Balaban J connectivity index is 1.37. The van der Waals surface area contributed by atoms with Crippen LogP contribution in [0.4, 0.5) is 0 Å². The van der Waals surface area contributed by atoms with Gasteiger partial charge in [0.1, 0.15) is 0 Å². The third kappa shape index (κ3) is 6.81. The molecule has 0 spiro atoms. The summed E-state index contributed by atoms with van der Waals surface area (Å²) >= 11 is 3.63. The lowest BCUT2D eigenvalue weighted by Crippen LogP contribution is -2.25. The van der Waals surface area contributed by atoms with E-state index >= 15 is 0 Å². The predicted molar refractivity (Wildman–Crippen MR) is 117 cm³/mol. The topological polar surface area (TPSA) is 29.1 Å². The fourth-order valence-corrected chi connectivity index (χ4v) is 4.23. The normalized spacial score (nSPS) is 10.5. The van der Waals surface area contributed by atoms with Crippen molar-refractivity contribution in [1.29, 1.82) is 0 Å². The maximum absolute atomic E-state index is 12.2. The molecule has 0 unspecified atom stereocenters. The lowest BCUT2D eigenvalue weighted by Gasteiger charge is -2.07. The van der Waals surface area contributed by atoms with Crippen molar-refractivity contribution < 1.29 is 4.79 Å². The molecule has 0 aromatic heterocycles. The van der Waals surface area contributed by atoms with Gasteiger partial charge in [-0.25, -0.2) is 0 Å². The minimum absolute atomic E-state index is 0.00225. The van der Waals surface area contributed by atoms with Crippen molar-refractivity contribution in [2.45, 2.75) is 16.4 Å². The predicted octanol–water partition coefficient (Wildman–Crippen LogP) is 5.64. The zero-order valence-corrected chi connectivity index (χ0v) is 16.8. The Morgan fingerprint density at radius 1 is 0.741 bits per heavy atom. The van der Waals surface area contributed by atoms with E-state index in [2.05, 4.69) is 41.7 Å². The molecule has 0 aliphatic heterocycles. The Kier molecular flexibility index (Phi) is 7.87. The summed E-state index contributed by atoms with van der Waals surface area (Å²) in [5.41, 5.74) is 3.26. The highest BCUT2D eigenvalue weighted by Gasteiger charge is 2.05. The number of nitrogens with one attached hydrogen (secondary N) is 1. The van der Waals surface area contributed by atoms with Crippen molar-refractivity contribution in [2.75, 3.05) is 12.3 Å². The second-order valence-corrected chi connectivity index (χ2v) is 8.25. The van der Waals surface area contributed by atoms with Gasteiger partial charge in [0.2, 0.25) is 0 Å². The maximum Gasteiger partial charge on any atom is 0.251 e. The molecule has 4 heteroatoms. The Morgan fingerprint density at radius 3 is 2.07 bits per heavy atom. The lowest BCUT2D eigenvalue weighted by molar-refractivity contribution is 0.0956. The summed E-state index contributed by atoms with van der Waals surface area (Å²) in [4.78, 5) is 13.5. The van der Waals surface area contributed by atoms with E-state index in [1.54, 1.807) is 11.8 Å². The molecule has 0 aliphatic carbocycles. The standard InChI is InChI=1S/C23H23NOS2/c25-23(24-15-16-26-17-19-7-3-1-4-8-19)21-13-11-20(12-14-21)18-27-22-9-5-2-6-10-22/h1-14H,15-18H2,(H,24,25). The van der Waals surface area contributed by atoms with Crippen LogP contribution < -0.4 is 5.32 Å². The second-order valence-electron chi connectivity index (χ2n) is 6.09. The van der Waals surface area contributed by atoms with E-state index in [4.69, 9.17) is 0 Å². The Hall–Kier alpha value is -2.17. The number of hydrogen-bond donors (Lipinski definition) is 1. The first-order valence-corrected chi connectivity index (χ1v) is 11.1. The van der Waals surface area contributed by atoms with Gasteiger partial charge in [-0.05, 0) is 35.4 Å². The van der Waals surface area contributed by atoms with E-state index in [1.807, 2.05) is 60.3 Å². The first-order valence-electron chi connectivity index (χ1n) is 8.98. The molecule has 2 nitrogen and oxygen atoms in total. The molecule has 1 amide bonds. The van der Waals surface area contributed by atoms with E-state index < -0.39 is 0 Å². The van der Waals surface area contributed by atoms with E-state index in [-0.39, 0.29) is 5.91 Å². The number of benzene rings is 3. The number of carbonyl (C=O) groups is 1. The minimum Gasteiger partial charge on any atom is -0.351 e. The maximum atomic E-state index is 12.2. The van der Waals surface area contributed by atoms with Crippen molar-refractivity contribution in [1.82, 2.24) is 5.32 Å². The smallest absolute Gasteiger partial charge is 0.251 e. The van der Waals surface area contributed by atoms with Gasteiger partial charge in [0, 0.05) is 34.3 Å². The second kappa shape index (κ2) is 10.9. The van der Waals surface area contributed by atoms with Gasteiger partial charge in [0.15, 0.2) is 0 Å². The molecule has 138 valence electrons. The van der Waals surface area contributed by atoms with Gasteiger partial charge in [0.05, 0.1) is 0 Å². The molecule has 1 N–H and O–H groups in total. The van der Waals surface area contributed by atoms with E-state index in [0.29, 0.717) is 6.54 Å². The van der Waals surface area contributed by atoms with Crippen molar-refractivity contribution in [3.63, 3.8) is 0 Å². The highest BCUT2D eigenvalue weighted by molar-refractivity contribution is 7.98. The molecule has 0 atom stereocenters. The Morgan fingerprint density at radius 2 is 1.37 bits per heavy atom. The number of carbonyl (C=O) groups excluding carboxylic acids is 1. The lowest BCUT2D eigenvalue weighted by atomic mass is 10.1. The van der Waals surface area contributed by atoms with Gasteiger partial charge in [-0.1, -0.05) is 60.7 Å².